The van der Waals surface area contributed by atoms with Crippen molar-refractivity contribution in [3.8, 4) is 11.5 Å². The Labute approximate surface area is 85.7 Å². The molecule has 0 atom stereocenters. The monoisotopic (exact) mass is 206 g/mol. The molecule has 0 amide bonds. The summed E-state index contributed by atoms with van der Waals surface area (Å²) in [5.74, 6) is 0.423. The van der Waals surface area contributed by atoms with Crippen LogP contribution in [0.15, 0.2) is 27.4 Å². The lowest BCUT2D eigenvalue weighted by atomic mass is 10.2. The van der Waals surface area contributed by atoms with Gasteiger partial charge in [-0.05, 0) is 25.1 Å². The highest BCUT2D eigenvalue weighted by Crippen LogP contribution is 2.22. The lowest BCUT2D eigenvalue weighted by Gasteiger charge is -2.03. The Kier molecular flexibility index (Phi) is 2.11. The normalized spacial score (nSPS) is 10.5. The van der Waals surface area contributed by atoms with Crippen LogP contribution in [0.3, 0.4) is 0 Å². The van der Waals surface area contributed by atoms with Gasteiger partial charge in [-0.25, -0.2) is 0 Å². The van der Waals surface area contributed by atoms with Gasteiger partial charge in [-0.15, -0.1) is 0 Å². The first-order valence-electron chi connectivity index (χ1n) is 4.44. The van der Waals surface area contributed by atoms with E-state index in [0.717, 1.165) is 0 Å². The van der Waals surface area contributed by atoms with Crippen molar-refractivity contribution in [2.75, 3.05) is 7.11 Å². The molecule has 0 aliphatic rings. The summed E-state index contributed by atoms with van der Waals surface area (Å²) >= 11 is 0. The summed E-state index contributed by atoms with van der Waals surface area (Å²) in [6.45, 7) is 1.54. The molecule has 0 radical (unpaired) electrons. The van der Waals surface area contributed by atoms with Crippen LogP contribution in [0.4, 0.5) is 0 Å². The van der Waals surface area contributed by atoms with Gasteiger partial charge in [0.25, 0.3) is 0 Å². The topological polar surface area (TPSA) is 59.7 Å². The number of benzene rings is 1. The van der Waals surface area contributed by atoms with Gasteiger partial charge in [0.1, 0.15) is 17.1 Å². The minimum absolute atomic E-state index is 0.220. The summed E-state index contributed by atoms with van der Waals surface area (Å²) < 4.78 is 10.3. The highest BCUT2D eigenvalue weighted by molar-refractivity contribution is 5.79. The maximum atomic E-state index is 11.7. The van der Waals surface area contributed by atoms with E-state index in [9.17, 15) is 9.90 Å². The highest BCUT2D eigenvalue weighted by atomic mass is 16.5. The highest BCUT2D eigenvalue weighted by Gasteiger charge is 2.10. The number of aryl methyl sites for hydroxylation is 1. The molecule has 1 heterocycles. The molecule has 78 valence electrons. The van der Waals surface area contributed by atoms with Crippen LogP contribution < -0.4 is 10.2 Å². The molecule has 0 fully saturated rings. The van der Waals surface area contributed by atoms with Crippen molar-refractivity contribution in [1.29, 1.82) is 0 Å². The van der Waals surface area contributed by atoms with Gasteiger partial charge in [0.05, 0.1) is 12.5 Å². The zero-order chi connectivity index (χ0) is 11.0. The fraction of sp³-hybridized carbons (Fsp3) is 0.182. The third-order valence-corrected chi connectivity index (χ3v) is 2.24. The van der Waals surface area contributed by atoms with E-state index in [4.69, 9.17) is 9.15 Å². The van der Waals surface area contributed by atoms with Crippen LogP contribution in [0.2, 0.25) is 0 Å². The number of aromatic hydroxyl groups is 1. The van der Waals surface area contributed by atoms with Gasteiger partial charge in [0, 0.05) is 0 Å². The van der Waals surface area contributed by atoms with Crippen molar-refractivity contribution >= 4 is 11.0 Å². The van der Waals surface area contributed by atoms with Gasteiger partial charge in [0.15, 0.2) is 0 Å². The third kappa shape index (κ3) is 1.44. The molecule has 15 heavy (non-hydrogen) atoms. The fourth-order valence-corrected chi connectivity index (χ4v) is 1.40. The maximum absolute atomic E-state index is 11.7. The Bertz CT molecular complexity index is 569. The summed E-state index contributed by atoms with van der Waals surface area (Å²) in [7, 11) is 1.51. The summed E-state index contributed by atoms with van der Waals surface area (Å²) in [5, 5.41) is 9.74. The van der Waals surface area contributed by atoms with Gasteiger partial charge in [0.2, 0.25) is 11.2 Å². The number of hydrogen-bond donors (Lipinski definition) is 1. The molecule has 0 bridgehead atoms. The minimum atomic E-state index is -0.437. The minimum Gasteiger partial charge on any atom is -0.502 e. The average molecular weight is 206 g/mol. The summed E-state index contributed by atoms with van der Waals surface area (Å²) in [5.41, 5.74) is 0.00347. The Hall–Kier alpha value is -1.97. The second-order valence-corrected chi connectivity index (χ2v) is 3.20. The van der Waals surface area contributed by atoms with Gasteiger partial charge in [-0.1, -0.05) is 0 Å². The van der Waals surface area contributed by atoms with Crippen LogP contribution in [-0.2, 0) is 0 Å². The van der Waals surface area contributed by atoms with Crippen molar-refractivity contribution in [2.24, 2.45) is 0 Å². The number of rotatable bonds is 1. The Morgan fingerprint density at radius 3 is 2.80 bits per heavy atom. The molecular weight excluding hydrogens is 196 g/mol. The van der Waals surface area contributed by atoms with Crippen molar-refractivity contribution in [3.63, 3.8) is 0 Å². The van der Waals surface area contributed by atoms with E-state index in [0.29, 0.717) is 16.7 Å². The van der Waals surface area contributed by atoms with Crippen LogP contribution >= 0.6 is 0 Å². The molecule has 0 spiro atoms. The largest absolute Gasteiger partial charge is 0.502 e. The number of ether oxygens (including phenoxy) is 1. The van der Waals surface area contributed by atoms with Crippen LogP contribution in [0, 0.1) is 6.92 Å². The van der Waals surface area contributed by atoms with E-state index in [1.165, 1.54) is 7.11 Å². The smallest absolute Gasteiger partial charge is 0.234 e. The molecule has 4 nitrogen and oxygen atoms in total. The van der Waals surface area contributed by atoms with E-state index in [2.05, 4.69) is 0 Å². The Morgan fingerprint density at radius 1 is 1.40 bits per heavy atom. The van der Waals surface area contributed by atoms with Gasteiger partial charge < -0.3 is 14.3 Å². The Balaban J connectivity index is 2.88. The SMILES string of the molecule is COc1ccc2oc(C)c(O)c(=O)c2c1. The zero-order valence-corrected chi connectivity index (χ0v) is 8.40. The molecule has 0 unspecified atom stereocenters. The van der Waals surface area contributed by atoms with E-state index in [1.54, 1.807) is 25.1 Å². The molecular formula is C11H10O4. The van der Waals surface area contributed by atoms with Crippen LogP contribution in [0.5, 0.6) is 11.5 Å². The van der Waals surface area contributed by atoms with Gasteiger partial charge in [-0.2, -0.15) is 0 Å². The number of methoxy groups -OCH3 is 1. The first-order valence-corrected chi connectivity index (χ1v) is 4.44. The molecule has 0 saturated heterocycles. The lowest BCUT2D eigenvalue weighted by molar-refractivity contribution is 0.413. The third-order valence-electron chi connectivity index (χ3n) is 2.24. The van der Waals surface area contributed by atoms with Gasteiger partial charge >= 0.3 is 0 Å². The van der Waals surface area contributed by atoms with Crippen LogP contribution in [-0.4, -0.2) is 12.2 Å². The predicted octanol–water partition coefficient (Wildman–Crippen LogP) is 1.82. The second-order valence-electron chi connectivity index (χ2n) is 3.20. The zero-order valence-electron chi connectivity index (χ0n) is 8.40. The summed E-state index contributed by atoms with van der Waals surface area (Å²) in [4.78, 5) is 11.7. The number of fused-ring (bicyclic) bond motifs is 1. The van der Waals surface area contributed by atoms with Crippen molar-refractivity contribution in [2.45, 2.75) is 6.92 Å². The van der Waals surface area contributed by atoms with Gasteiger partial charge in [-0.3, -0.25) is 4.79 Å². The first-order chi connectivity index (χ1) is 7.13. The fourth-order valence-electron chi connectivity index (χ4n) is 1.40. The summed E-state index contributed by atoms with van der Waals surface area (Å²) in [6, 6.07) is 4.88. The standard InChI is InChI=1S/C11H10O4/c1-6-10(12)11(13)8-5-7(14-2)3-4-9(8)15-6/h3-5,12H,1-2H3. The molecule has 4 heteroatoms. The quantitative estimate of drug-likeness (QED) is 0.773. The molecule has 0 aliphatic heterocycles. The van der Waals surface area contributed by atoms with E-state index in [-0.39, 0.29) is 11.5 Å². The predicted molar refractivity (Wildman–Crippen MR) is 55.4 cm³/mol. The molecule has 2 rings (SSSR count). The summed E-state index contributed by atoms with van der Waals surface area (Å²) in [6.07, 6.45) is 0. The van der Waals surface area contributed by atoms with Crippen molar-refractivity contribution in [1.82, 2.24) is 0 Å². The molecule has 1 aromatic heterocycles. The molecule has 0 aliphatic carbocycles. The van der Waals surface area contributed by atoms with E-state index < -0.39 is 5.43 Å². The second kappa shape index (κ2) is 3.31. The maximum Gasteiger partial charge on any atom is 0.234 e. The van der Waals surface area contributed by atoms with Crippen molar-refractivity contribution < 1.29 is 14.3 Å². The van der Waals surface area contributed by atoms with Crippen LogP contribution in [0.25, 0.3) is 11.0 Å². The Morgan fingerprint density at radius 2 is 2.13 bits per heavy atom. The first kappa shape index (κ1) is 9.58. The molecule has 1 N–H and O–H groups in total. The van der Waals surface area contributed by atoms with E-state index in [1.807, 2.05) is 0 Å². The number of hydrogen-bond acceptors (Lipinski definition) is 4. The average Bonchev–Trinajstić information content (AvgIpc) is 2.26. The van der Waals surface area contributed by atoms with E-state index >= 15 is 0 Å². The van der Waals surface area contributed by atoms with Crippen molar-refractivity contribution in [3.05, 3.63) is 34.2 Å². The molecule has 2 aromatic rings. The molecule has 0 saturated carbocycles. The molecule has 1 aromatic carbocycles. The lowest BCUT2D eigenvalue weighted by Crippen LogP contribution is -2.02. The van der Waals surface area contributed by atoms with Crippen LogP contribution in [0.1, 0.15) is 5.76 Å².